The van der Waals surface area contributed by atoms with E-state index in [9.17, 15) is 9.59 Å². The number of esters is 1. The van der Waals surface area contributed by atoms with Gasteiger partial charge in [-0.1, -0.05) is 19.4 Å². The molecular formula is C13H19NO3S. The average Bonchev–Trinajstić information content (AvgIpc) is 2.81. The lowest BCUT2D eigenvalue weighted by molar-refractivity contribution is -0.147. The van der Waals surface area contributed by atoms with Crippen molar-refractivity contribution >= 4 is 23.2 Å². The van der Waals surface area contributed by atoms with Gasteiger partial charge >= 0.3 is 5.97 Å². The van der Waals surface area contributed by atoms with E-state index in [4.69, 9.17) is 4.74 Å². The van der Waals surface area contributed by atoms with Gasteiger partial charge in [-0.05, 0) is 24.8 Å². The van der Waals surface area contributed by atoms with Gasteiger partial charge in [0.05, 0.1) is 13.0 Å². The summed E-state index contributed by atoms with van der Waals surface area (Å²) in [6.07, 6.45) is 2.14. The molecule has 100 valence electrons. The molecular weight excluding hydrogens is 250 g/mol. The molecule has 1 heterocycles. The Morgan fingerprint density at radius 3 is 2.89 bits per heavy atom. The van der Waals surface area contributed by atoms with Crippen LogP contribution in [-0.4, -0.2) is 24.5 Å². The van der Waals surface area contributed by atoms with Crippen LogP contribution >= 0.6 is 11.3 Å². The maximum absolute atomic E-state index is 11.6. The number of unbranched alkanes of at least 4 members (excludes halogenated alkanes) is 1. The first kappa shape index (κ1) is 14.7. The molecule has 0 spiro atoms. The van der Waals surface area contributed by atoms with E-state index in [0.717, 1.165) is 17.7 Å². The van der Waals surface area contributed by atoms with Crippen molar-refractivity contribution in [3.63, 3.8) is 0 Å². The zero-order valence-corrected chi connectivity index (χ0v) is 11.6. The van der Waals surface area contributed by atoms with Crippen molar-refractivity contribution < 1.29 is 14.3 Å². The standard InChI is InChI=1S/C13H19NO3S/c1-3-4-7-17-13(16)10(2)14-12(15)9-11-6-5-8-18-11/h5-6,8,10H,3-4,7,9H2,1-2H3,(H,14,15)/t10-/m0/s1. The number of thiophene rings is 1. The van der Waals surface area contributed by atoms with Crippen LogP contribution in [0.5, 0.6) is 0 Å². The van der Waals surface area contributed by atoms with Crippen LogP contribution in [0.25, 0.3) is 0 Å². The van der Waals surface area contributed by atoms with Crippen molar-refractivity contribution in [3.8, 4) is 0 Å². The topological polar surface area (TPSA) is 55.4 Å². The van der Waals surface area contributed by atoms with E-state index in [0.29, 0.717) is 13.0 Å². The largest absolute Gasteiger partial charge is 0.464 e. The Hall–Kier alpha value is -1.36. The number of amides is 1. The second-order valence-corrected chi connectivity index (χ2v) is 5.10. The summed E-state index contributed by atoms with van der Waals surface area (Å²) in [5, 5.41) is 4.56. The predicted octanol–water partition coefficient (Wildman–Crippen LogP) is 2.14. The number of hydrogen-bond acceptors (Lipinski definition) is 4. The van der Waals surface area contributed by atoms with Gasteiger partial charge in [-0.25, -0.2) is 4.79 Å². The maximum atomic E-state index is 11.6. The van der Waals surface area contributed by atoms with Crippen LogP contribution in [0.3, 0.4) is 0 Å². The minimum atomic E-state index is -0.589. The predicted molar refractivity (Wildman–Crippen MR) is 71.5 cm³/mol. The molecule has 0 saturated carbocycles. The summed E-state index contributed by atoms with van der Waals surface area (Å²) in [6.45, 7) is 4.08. The van der Waals surface area contributed by atoms with E-state index in [1.54, 1.807) is 6.92 Å². The molecule has 0 radical (unpaired) electrons. The number of ether oxygens (including phenoxy) is 1. The molecule has 1 aromatic rings. The fourth-order valence-electron chi connectivity index (χ4n) is 1.36. The molecule has 0 fully saturated rings. The Bertz CT molecular complexity index is 376. The Labute approximate surface area is 111 Å². The van der Waals surface area contributed by atoms with Crippen LogP contribution in [0.1, 0.15) is 31.6 Å². The molecule has 18 heavy (non-hydrogen) atoms. The number of hydrogen-bond donors (Lipinski definition) is 1. The highest BCUT2D eigenvalue weighted by molar-refractivity contribution is 7.10. The fourth-order valence-corrected chi connectivity index (χ4v) is 2.07. The first-order chi connectivity index (χ1) is 8.63. The van der Waals surface area contributed by atoms with Crippen LogP contribution in [0, 0.1) is 0 Å². The lowest BCUT2D eigenvalue weighted by Crippen LogP contribution is -2.40. The van der Waals surface area contributed by atoms with Gasteiger partial charge in [0.15, 0.2) is 0 Å². The second-order valence-electron chi connectivity index (χ2n) is 4.07. The normalized spacial score (nSPS) is 11.9. The third-order valence-corrected chi connectivity index (χ3v) is 3.26. The van der Waals surface area contributed by atoms with Crippen molar-refractivity contribution in [1.29, 1.82) is 0 Å². The van der Waals surface area contributed by atoms with Gasteiger partial charge in [0.25, 0.3) is 0 Å². The average molecular weight is 269 g/mol. The van der Waals surface area contributed by atoms with Gasteiger partial charge in [0.2, 0.25) is 5.91 Å². The minimum absolute atomic E-state index is 0.155. The van der Waals surface area contributed by atoms with Gasteiger partial charge in [0.1, 0.15) is 6.04 Å². The zero-order chi connectivity index (χ0) is 13.4. The summed E-state index contributed by atoms with van der Waals surface area (Å²) >= 11 is 1.53. The molecule has 4 nitrogen and oxygen atoms in total. The third-order valence-electron chi connectivity index (χ3n) is 2.39. The summed E-state index contributed by atoms with van der Waals surface area (Å²) in [5.74, 6) is -0.527. The van der Waals surface area contributed by atoms with E-state index in [1.165, 1.54) is 11.3 Å². The first-order valence-corrected chi connectivity index (χ1v) is 6.99. The number of nitrogens with one attached hydrogen (secondary N) is 1. The molecule has 1 amide bonds. The molecule has 1 N–H and O–H groups in total. The van der Waals surface area contributed by atoms with Crippen LogP contribution < -0.4 is 5.32 Å². The van der Waals surface area contributed by atoms with E-state index in [-0.39, 0.29) is 11.9 Å². The van der Waals surface area contributed by atoms with Crippen molar-refractivity contribution in [3.05, 3.63) is 22.4 Å². The highest BCUT2D eigenvalue weighted by Crippen LogP contribution is 2.08. The Morgan fingerprint density at radius 1 is 1.50 bits per heavy atom. The minimum Gasteiger partial charge on any atom is -0.464 e. The second kappa shape index (κ2) is 7.87. The molecule has 1 atom stereocenters. The smallest absolute Gasteiger partial charge is 0.328 e. The first-order valence-electron chi connectivity index (χ1n) is 6.12. The lowest BCUT2D eigenvalue weighted by atomic mass is 10.3. The third kappa shape index (κ3) is 5.31. The molecule has 0 aromatic carbocycles. The van der Waals surface area contributed by atoms with E-state index < -0.39 is 6.04 Å². The molecule has 0 bridgehead atoms. The molecule has 0 aliphatic rings. The van der Waals surface area contributed by atoms with Gasteiger partial charge in [-0.3, -0.25) is 4.79 Å². The van der Waals surface area contributed by atoms with Crippen LogP contribution in [0.4, 0.5) is 0 Å². The molecule has 1 aromatic heterocycles. The molecule has 5 heteroatoms. The Kier molecular flexibility index (Phi) is 6.43. The van der Waals surface area contributed by atoms with Gasteiger partial charge < -0.3 is 10.1 Å². The SMILES string of the molecule is CCCCOC(=O)[C@H](C)NC(=O)Cc1cccs1. The molecule has 0 saturated heterocycles. The van der Waals surface area contributed by atoms with E-state index in [1.807, 2.05) is 24.4 Å². The monoisotopic (exact) mass is 269 g/mol. The summed E-state index contributed by atoms with van der Waals surface area (Å²) in [4.78, 5) is 24.1. The summed E-state index contributed by atoms with van der Waals surface area (Å²) in [6, 6.07) is 3.21. The van der Waals surface area contributed by atoms with Crippen molar-refractivity contribution in [1.82, 2.24) is 5.32 Å². The summed E-state index contributed by atoms with van der Waals surface area (Å²) < 4.78 is 5.03. The summed E-state index contributed by atoms with van der Waals surface area (Å²) in [7, 11) is 0. The number of carbonyl (C=O) groups excluding carboxylic acids is 2. The number of rotatable bonds is 7. The zero-order valence-electron chi connectivity index (χ0n) is 10.8. The van der Waals surface area contributed by atoms with Crippen molar-refractivity contribution in [2.24, 2.45) is 0 Å². The molecule has 1 rings (SSSR count). The van der Waals surface area contributed by atoms with E-state index >= 15 is 0 Å². The maximum Gasteiger partial charge on any atom is 0.328 e. The molecule has 0 aliphatic heterocycles. The van der Waals surface area contributed by atoms with Gasteiger partial charge in [0, 0.05) is 4.88 Å². The van der Waals surface area contributed by atoms with Crippen LogP contribution in [-0.2, 0) is 20.7 Å². The van der Waals surface area contributed by atoms with Gasteiger partial charge in [-0.2, -0.15) is 0 Å². The highest BCUT2D eigenvalue weighted by Gasteiger charge is 2.16. The highest BCUT2D eigenvalue weighted by atomic mass is 32.1. The lowest BCUT2D eigenvalue weighted by Gasteiger charge is -2.12. The molecule has 0 aliphatic carbocycles. The van der Waals surface area contributed by atoms with Crippen molar-refractivity contribution in [2.45, 2.75) is 39.2 Å². The van der Waals surface area contributed by atoms with Crippen LogP contribution in [0.2, 0.25) is 0 Å². The summed E-state index contributed by atoms with van der Waals surface area (Å²) in [5.41, 5.74) is 0. The quantitative estimate of drug-likeness (QED) is 0.609. The fraction of sp³-hybridized carbons (Fsp3) is 0.538. The van der Waals surface area contributed by atoms with Crippen molar-refractivity contribution in [2.75, 3.05) is 6.61 Å². The van der Waals surface area contributed by atoms with E-state index in [2.05, 4.69) is 5.32 Å². The molecule has 0 unspecified atom stereocenters. The number of carbonyl (C=O) groups is 2. The van der Waals surface area contributed by atoms with Gasteiger partial charge in [-0.15, -0.1) is 11.3 Å². The Balaban J connectivity index is 2.28. The Morgan fingerprint density at radius 2 is 2.28 bits per heavy atom. The van der Waals surface area contributed by atoms with Crippen LogP contribution in [0.15, 0.2) is 17.5 Å².